The summed E-state index contributed by atoms with van der Waals surface area (Å²) < 4.78 is 11.1. The van der Waals surface area contributed by atoms with Crippen LogP contribution in [0.15, 0.2) is 33.9 Å². The molecule has 2 rings (SSSR count). The van der Waals surface area contributed by atoms with E-state index in [-0.39, 0.29) is 0 Å². The molecule has 0 atom stereocenters. The lowest BCUT2D eigenvalue weighted by Crippen LogP contribution is -1.98. The van der Waals surface area contributed by atoms with Crippen molar-refractivity contribution in [2.24, 2.45) is 0 Å². The molecule has 0 bridgehead atoms. The van der Waals surface area contributed by atoms with E-state index >= 15 is 0 Å². The van der Waals surface area contributed by atoms with E-state index in [1.165, 1.54) is 0 Å². The minimum atomic E-state index is 0.676. The van der Waals surface area contributed by atoms with E-state index in [0.717, 1.165) is 40.3 Å². The zero-order valence-electron chi connectivity index (χ0n) is 11.2. The third-order valence-corrected chi connectivity index (χ3v) is 3.59. The fourth-order valence-electron chi connectivity index (χ4n) is 1.48. The first kappa shape index (κ1) is 13.8. The Bertz CT molecular complexity index is 503. The standard InChI is InChI=1S/C14H18N2O2S/c1-10-11(2)18-14(16-10)19-9-3-8-17-13-6-4-12(15)5-7-13/h4-7H,3,8-9,15H2,1-2H3. The number of ether oxygens (including phenoxy) is 1. The normalized spacial score (nSPS) is 10.6. The molecule has 2 N–H and O–H groups in total. The number of hydrogen-bond donors (Lipinski definition) is 1. The Balaban J connectivity index is 1.66. The molecule has 5 heteroatoms. The van der Waals surface area contributed by atoms with E-state index in [1.807, 2.05) is 38.1 Å². The van der Waals surface area contributed by atoms with Crippen molar-refractivity contribution in [2.75, 3.05) is 18.1 Å². The van der Waals surface area contributed by atoms with Gasteiger partial charge in [0.1, 0.15) is 11.5 Å². The van der Waals surface area contributed by atoms with Gasteiger partial charge < -0.3 is 14.9 Å². The smallest absolute Gasteiger partial charge is 0.256 e. The van der Waals surface area contributed by atoms with Crippen molar-refractivity contribution in [3.8, 4) is 5.75 Å². The van der Waals surface area contributed by atoms with Crippen LogP contribution in [0.4, 0.5) is 5.69 Å². The number of aromatic nitrogens is 1. The summed E-state index contributed by atoms with van der Waals surface area (Å²) in [6.45, 7) is 4.55. The largest absolute Gasteiger partial charge is 0.494 e. The summed E-state index contributed by atoms with van der Waals surface area (Å²) >= 11 is 1.62. The van der Waals surface area contributed by atoms with Crippen LogP contribution < -0.4 is 10.5 Å². The maximum Gasteiger partial charge on any atom is 0.256 e. The first-order chi connectivity index (χ1) is 9.15. The number of thioether (sulfide) groups is 1. The van der Waals surface area contributed by atoms with Gasteiger partial charge in [0.05, 0.1) is 12.3 Å². The molecular weight excluding hydrogens is 260 g/mol. The number of benzene rings is 1. The number of nitrogen functional groups attached to an aromatic ring is 1. The van der Waals surface area contributed by atoms with Crippen LogP contribution in [0.1, 0.15) is 17.9 Å². The van der Waals surface area contributed by atoms with Crippen molar-refractivity contribution >= 4 is 17.4 Å². The molecule has 0 fully saturated rings. The van der Waals surface area contributed by atoms with Crippen molar-refractivity contribution in [3.05, 3.63) is 35.7 Å². The van der Waals surface area contributed by atoms with Crippen molar-refractivity contribution in [3.63, 3.8) is 0 Å². The van der Waals surface area contributed by atoms with E-state index < -0.39 is 0 Å². The van der Waals surface area contributed by atoms with Crippen molar-refractivity contribution < 1.29 is 9.15 Å². The van der Waals surface area contributed by atoms with Crippen molar-refractivity contribution in [1.82, 2.24) is 4.98 Å². The number of nitrogens with zero attached hydrogens (tertiary/aromatic N) is 1. The van der Waals surface area contributed by atoms with Crippen LogP contribution >= 0.6 is 11.8 Å². The average molecular weight is 278 g/mol. The third kappa shape index (κ3) is 4.21. The van der Waals surface area contributed by atoms with Gasteiger partial charge >= 0.3 is 0 Å². The highest BCUT2D eigenvalue weighted by atomic mass is 32.2. The second kappa shape index (κ2) is 6.52. The summed E-state index contributed by atoms with van der Waals surface area (Å²) in [5.41, 5.74) is 7.31. The second-order valence-corrected chi connectivity index (χ2v) is 5.29. The van der Waals surface area contributed by atoms with E-state index in [4.69, 9.17) is 14.9 Å². The van der Waals surface area contributed by atoms with Gasteiger partial charge in [-0.25, -0.2) is 4.98 Å². The van der Waals surface area contributed by atoms with E-state index in [9.17, 15) is 0 Å². The molecule has 102 valence electrons. The SMILES string of the molecule is Cc1nc(SCCCOc2ccc(N)cc2)oc1C. The minimum Gasteiger partial charge on any atom is -0.494 e. The fourth-order valence-corrected chi connectivity index (χ4v) is 2.30. The van der Waals surface area contributed by atoms with Gasteiger partial charge in [0.15, 0.2) is 0 Å². The monoisotopic (exact) mass is 278 g/mol. The Morgan fingerprint density at radius 1 is 1.26 bits per heavy atom. The number of rotatable bonds is 6. The molecule has 0 saturated heterocycles. The predicted octanol–water partition coefficient (Wildman–Crippen LogP) is 3.43. The minimum absolute atomic E-state index is 0.676. The van der Waals surface area contributed by atoms with Crippen LogP contribution in [0, 0.1) is 13.8 Å². The lowest BCUT2D eigenvalue weighted by molar-refractivity contribution is 0.318. The molecule has 1 aromatic carbocycles. The van der Waals surface area contributed by atoms with Gasteiger partial charge in [-0.3, -0.25) is 0 Å². The molecule has 0 aliphatic carbocycles. The first-order valence-electron chi connectivity index (χ1n) is 6.20. The van der Waals surface area contributed by atoms with Crippen molar-refractivity contribution in [2.45, 2.75) is 25.5 Å². The van der Waals surface area contributed by atoms with Crippen LogP contribution in [0.5, 0.6) is 5.75 Å². The van der Waals surface area contributed by atoms with Crippen LogP contribution in [0.25, 0.3) is 0 Å². The Kier molecular flexibility index (Phi) is 4.74. The van der Waals surface area contributed by atoms with Crippen LogP contribution in [0.2, 0.25) is 0 Å². The fraction of sp³-hybridized carbons (Fsp3) is 0.357. The van der Waals surface area contributed by atoms with Crippen LogP contribution in [0.3, 0.4) is 0 Å². The molecule has 0 saturated carbocycles. The summed E-state index contributed by atoms with van der Waals surface area (Å²) in [4.78, 5) is 4.32. The van der Waals surface area contributed by atoms with Crippen LogP contribution in [-0.4, -0.2) is 17.3 Å². The van der Waals surface area contributed by atoms with Gasteiger partial charge in [0, 0.05) is 11.4 Å². The Morgan fingerprint density at radius 3 is 2.63 bits per heavy atom. The van der Waals surface area contributed by atoms with Gasteiger partial charge in [0.25, 0.3) is 5.22 Å². The Morgan fingerprint density at radius 2 is 2.00 bits per heavy atom. The Hall–Kier alpha value is -1.62. The predicted molar refractivity (Wildman–Crippen MR) is 77.7 cm³/mol. The number of nitrogens with two attached hydrogens (primary N) is 1. The summed E-state index contributed by atoms with van der Waals surface area (Å²) in [5, 5.41) is 0.738. The molecule has 0 unspecified atom stereocenters. The summed E-state index contributed by atoms with van der Waals surface area (Å²) in [5.74, 6) is 2.66. The van der Waals surface area contributed by atoms with E-state index in [1.54, 1.807) is 11.8 Å². The Labute approximate surface area is 117 Å². The molecule has 0 aliphatic rings. The summed E-state index contributed by atoms with van der Waals surface area (Å²) in [6.07, 6.45) is 0.940. The number of aryl methyl sites for hydroxylation is 2. The summed E-state index contributed by atoms with van der Waals surface area (Å²) in [7, 11) is 0. The third-order valence-electron chi connectivity index (χ3n) is 2.67. The number of oxazole rings is 1. The summed E-state index contributed by atoms with van der Waals surface area (Å²) in [6, 6.07) is 7.43. The zero-order chi connectivity index (χ0) is 13.7. The molecule has 4 nitrogen and oxygen atoms in total. The molecule has 1 aromatic heterocycles. The number of anilines is 1. The molecule has 1 heterocycles. The van der Waals surface area contributed by atoms with Gasteiger partial charge in [-0.15, -0.1) is 0 Å². The quantitative estimate of drug-likeness (QED) is 0.498. The highest BCUT2D eigenvalue weighted by Crippen LogP contribution is 2.21. The highest BCUT2D eigenvalue weighted by Gasteiger charge is 2.05. The molecule has 0 radical (unpaired) electrons. The second-order valence-electron chi connectivity index (χ2n) is 4.24. The van der Waals surface area contributed by atoms with Gasteiger partial charge in [0.2, 0.25) is 0 Å². The van der Waals surface area contributed by atoms with E-state index in [2.05, 4.69) is 4.98 Å². The molecule has 0 spiro atoms. The first-order valence-corrected chi connectivity index (χ1v) is 7.19. The maximum atomic E-state index is 5.61. The molecule has 0 aliphatic heterocycles. The molecule has 19 heavy (non-hydrogen) atoms. The van der Waals surface area contributed by atoms with Gasteiger partial charge in [-0.2, -0.15) is 0 Å². The zero-order valence-corrected chi connectivity index (χ0v) is 12.0. The average Bonchev–Trinajstić information content (AvgIpc) is 2.71. The number of hydrogen-bond acceptors (Lipinski definition) is 5. The van der Waals surface area contributed by atoms with Crippen molar-refractivity contribution in [1.29, 1.82) is 0 Å². The lowest BCUT2D eigenvalue weighted by atomic mass is 10.3. The van der Waals surface area contributed by atoms with Crippen LogP contribution in [-0.2, 0) is 0 Å². The molecular formula is C14H18N2O2S. The van der Waals surface area contributed by atoms with Gasteiger partial charge in [-0.1, -0.05) is 11.8 Å². The molecule has 2 aromatic rings. The lowest BCUT2D eigenvalue weighted by Gasteiger charge is -2.05. The maximum absolute atomic E-state index is 5.61. The van der Waals surface area contributed by atoms with Gasteiger partial charge in [-0.05, 0) is 44.5 Å². The van der Waals surface area contributed by atoms with E-state index in [0.29, 0.717) is 6.61 Å². The topological polar surface area (TPSA) is 61.3 Å². The molecule has 0 amide bonds. The highest BCUT2D eigenvalue weighted by molar-refractivity contribution is 7.99.